The average molecular weight is 535 g/mol. The Bertz CT molecular complexity index is 1130. The Morgan fingerprint density at radius 2 is 1.67 bits per heavy atom. The summed E-state index contributed by atoms with van der Waals surface area (Å²) in [6, 6.07) is 14.4. The maximum Gasteiger partial charge on any atom is 0.247 e. The van der Waals surface area contributed by atoms with Gasteiger partial charge < -0.3 is 20.7 Å². The molecule has 3 N–H and O–H groups in total. The van der Waals surface area contributed by atoms with Crippen molar-refractivity contribution >= 4 is 23.8 Å². The van der Waals surface area contributed by atoms with E-state index in [1.807, 2.05) is 87.4 Å². The van der Waals surface area contributed by atoms with Crippen LogP contribution in [0.2, 0.25) is 0 Å². The summed E-state index contributed by atoms with van der Waals surface area (Å²) in [6.07, 6.45) is 3.81. The zero-order valence-corrected chi connectivity index (χ0v) is 23.8. The summed E-state index contributed by atoms with van der Waals surface area (Å²) in [7, 11) is 3.70. The molecule has 2 unspecified atom stereocenters. The van der Waals surface area contributed by atoms with E-state index >= 15 is 0 Å². The summed E-state index contributed by atoms with van der Waals surface area (Å²) in [5.41, 5.74) is 1.61. The largest absolute Gasteiger partial charge is 0.483 e. The highest BCUT2D eigenvalue weighted by Gasteiger charge is 2.38. The summed E-state index contributed by atoms with van der Waals surface area (Å²) in [5.74, 6) is -0.405. The molecule has 0 aliphatic carbocycles. The van der Waals surface area contributed by atoms with Crippen molar-refractivity contribution in [1.29, 1.82) is 0 Å². The highest BCUT2D eigenvalue weighted by molar-refractivity contribution is 5.94. The van der Waals surface area contributed by atoms with E-state index < -0.39 is 30.1 Å². The third kappa shape index (κ3) is 8.17. The number of nitrogens with one attached hydrogen (secondary N) is 3. The van der Waals surface area contributed by atoms with Gasteiger partial charge in [-0.3, -0.25) is 19.3 Å². The van der Waals surface area contributed by atoms with Gasteiger partial charge in [0.05, 0.1) is 6.04 Å². The third-order valence-electron chi connectivity index (χ3n) is 7.07. The van der Waals surface area contributed by atoms with E-state index in [1.165, 1.54) is 0 Å². The lowest BCUT2D eigenvalue weighted by Gasteiger charge is -2.33. The fourth-order valence-electron chi connectivity index (χ4n) is 4.56. The van der Waals surface area contributed by atoms with E-state index in [0.29, 0.717) is 18.6 Å². The first-order valence-corrected chi connectivity index (χ1v) is 13.7. The number of carbonyl (C=O) groups is 3. The summed E-state index contributed by atoms with van der Waals surface area (Å²) < 4.78 is 6.44. The summed E-state index contributed by atoms with van der Waals surface area (Å²) in [4.78, 5) is 42.7. The van der Waals surface area contributed by atoms with Crippen LogP contribution in [0.1, 0.15) is 57.8 Å². The van der Waals surface area contributed by atoms with E-state index in [9.17, 15) is 14.4 Å². The topological polar surface area (TPSA) is 99.8 Å². The van der Waals surface area contributed by atoms with Crippen LogP contribution in [0.25, 0.3) is 6.08 Å². The molecule has 0 saturated heterocycles. The van der Waals surface area contributed by atoms with Gasteiger partial charge in [-0.15, -0.1) is 0 Å². The Morgan fingerprint density at radius 1 is 1.00 bits per heavy atom. The summed E-state index contributed by atoms with van der Waals surface area (Å²) in [6.45, 7) is 8.00. The first kappa shape index (κ1) is 29.9. The van der Waals surface area contributed by atoms with Gasteiger partial charge in [0, 0.05) is 6.20 Å². The lowest BCUT2D eigenvalue weighted by molar-refractivity contribution is -0.136. The number of amides is 3. The maximum atomic E-state index is 14.0. The fraction of sp³-hybridized carbons (Fsp3) is 0.452. The Balaban J connectivity index is 2.11. The van der Waals surface area contributed by atoms with Gasteiger partial charge in [-0.05, 0) is 61.7 Å². The molecule has 2 aromatic carbocycles. The summed E-state index contributed by atoms with van der Waals surface area (Å²) in [5, 5.41) is 8.74. The minimum absolute atomic E-state index is 0.142. The molecule has 8 nitrogen and oxygen atoms in total. The van der Waals surface area contributed by atoms with Gasteiger partial charge in [-0.1, -0.05) is 76.6 Å². The first-order chi connectivity index (χ1) is 18.6. The molecule has 0 spiro atoms. The number of fused-ring (bicyclic) bond motifs is 10. The SMILES string of the molecule is CCC(C)[C@@H]1NC(=O)[C@@H](NC(=O)C(CC(C)C)N(C)C)[C@H](c2ccccc2)Oc2ccc(cc2)/C=C\NC1=O. The van der Waals surface area contributed by atoms with Crippen LogP contribution in [-0.4, -0.2) is 54.8 Å². The van der Waals surface area contributed by atoms with Crippen molar-refractivity contribution in [1.82, 2.24) is 20.9 Å². The van der Waals surface area contributed by atoms with Crippen LogP contribution in [0.15, 0.2) is 60.8 Å². The van der Waals surface area contributed by atoms with Crippen molar-refractivity contribution in [2.75, 3.05) is 14.1 Å². The van der Waals surface area contributed by atoms with Gasteiger partial charge in [0.2, 0.25) is 17.7 Å². The molecule has 0 radical (unpaired) electrons. The molecule has 2 aliphatic heterocycles. The minimum atomic E-state index is -1.10. The van der Waals surface area contributed by atoms with Gasteiger partial charge in [-0.25, -0.2) is 0 Å². The van der Waals surface area contributed by atoms with Gasteiger partial charge in [0.1, 0.15) is 17.8 Å². The Morgan fingerprint density at radius 3 is 2.26 bits per heavy atom. The van der Waals surface area contributed by atoms with Gasteiger partial charge in [-0.2, -0.15) is 0 Å². The van der Waals surface area contributed by atoms with Crippen LogP contribution >= 0.6 is 0 Å². The molecule has 4 rings (SSSR count). The zero-order valence-electron chi connectivity index (χ0n) is 23.8. The normalized spacial score (nSPS) is 22.3. The molecule has 0 aromatic heterocycles. The number of ether oxygens (including phenoxy) is 1. The number of hydrogen-bond donors (Lipinski definition) is 3. The van der Waals surface area contributed by atoms with Gasteiger partial charge in [0.25, 0.3) is 0 Å². The monoisotopic (exact) mass is 534 g/mol. The smallest absolute Gasteiger partial charge is 0.247 e. The van der Waals surface area contributed by atoms with E-state index in [1.54, 1.807) is 12.3 Å². The second-order valence-electron chi connectivity index (χ2n) is 10.8. The lowest BCUT2D eigenvalue weighted by atomic mass is 9.95. The van der Waals surface area contributed by atoms with Crippen molar-refractivity contribution in [3.63, 3.8) is 0 Å². The number of hydrogen-bond acceptors (Lipinski definition) is 5. The quantitative estimate of drug-likeness (QED) is 0.477. The Labute approximate surface area is 232 Å². The van der Waals surface area contributed by atoms with Crippen molar-refractivity contribution in [2.45, 2.75) is 64.8 Å². The van der Waals surface area contributed by atoms with E-state index in [0.717, 1.165) is 11.1 Å². The first-order valence-electron chi connectivity index (χ1n) is 13.7. The van der Waals surface area contributed by atoms with Crippen molar-refractivity contribution in [3.05, 3.63) is 71.9 Å². The molecule has 5 atom stereocenters. The molecule has 2 aliphatic rings. The van der Waals surface area contributed by atoms with Crippen LogP contribution < -0.4 is 20.7 Å². The van der Waals surface area contributed by atoms with E-state index in [-0.39, 0.29) is 23.7 Å². The molecule has 0 fully saturated rings. The molecule has 2 heterocycles. The van der Waals surface area contributed by atoms with Crippen LogP contribution in [0.4, 0.5) is 0 Å². The molecular formula is C31H42N4O4. The zero-order chi connectivity index (χ0) is 28.5. The number of nitrogens with zero attached hydrogens (tertiary/aromatic N) is 1. The fourth-order valence-corrected chi connectivity index (χ4v) is 4.56. The van der Waals surface area contributed by atoms with E-state index in [4.69, 9.17) is 4.74 Å². The highest BCUT2D eigenvalue weighted by atomic mass is 16.5. The molecule has 2 bridgehead atoms. The molecule has 2 aromatic rings. The number of benzene rings is 2. The molecule has 8 heteroatoms. The lowest BCUT2D eigenvalue weighted by Crippen LogP contribution is -2.59. The maximum absolute atomic E-state index is 14.0. The molecule has 210 valence electrons. The molecule has 39 heavy (non-hydrogen) atoms. The molecule has 3 amide bonds. The average Bonchev–Trinajstić information content (AvgIpc) is 2.92. The van der Waals surface area contributed by atoms with Crippen molar-refractivity contribution in [2.24, 2.45) is 11.8 Å². The number of rotatable bonds is 8. The Kier molecular flexibility index (Phi) is 10.7. The predicted octanol–water partition coefficient (Wildman–Crippen LogP) is 3.90. The van der Waals surface area contributed by atoms with Crippen LogP contribution in [0.5, 0.6) is 5.75 Å². The van der Waals surface area contributed by atoms with Crippen LogP contribution in [-0.2, 0) is 14.4 Å². The third-order valence-corrected chi connectivity index (χ3v) is 7.07. The highest BCUT2D eigenvalue weighted by Crippen LogP contribution is 2.27. The van der Waals surface area contributed by atoms with E-state index in [2.05, 4.69) is 29.8 Å². The summed E-state index contributed by atoms with van der Waals surface area (Å²) >= 11 is 0. The van der Waals surface area contributed by atoms with Crippen molar-refractivity contribution in [3.8, 4) is 5.75 Å². The number of likely N-dealkylation sites (N-methyl/N-ethyl adjacent to an activating group) is 1. The second kappa shape index (κ2) is 13.9. The Hall–Kier alpha value is -3.65. The van der Waals surface area contributed by atoms with Crippen molar-refractivity contribution < 1.29 is 19.1 Å². The molecular weight excluding hydrogens is 492 g/mol. The van der Waals surface area contributed by atoms with Crippen LogP contribution in [0.3, 0.4) is 0 Å². The minimum Gasteiger partial charge on any atom is -0.483 e. The second-order valence-corrected chi connectivity index (χ2v) is 10.8. The molecule has 0 saturated carbocycles. The number of carbonyl (C=O) groups excluding carboxylic acids is 3. The van der Waals surface area contributed by atoms with Gasteiger partial charge >= 0.3 is 0 Å². The predicted molar refractivity (Wildman–Crippen MR) is 154 cm³/mol. The standard InChI is InChI=1S/C31H42N4O4/c1-7-21(4)26-30(37)32-18-17-22-13-15-24(16-14-22)39-28(23-11-9-8-10-12-23)27(31(38)33-26)34-29(36)25(35(5)6)19-20(2)3/h8-18,20-21,25-28H,7,19H2,1-6H3,(H,32,37)(H,33,38)(H,34,36)/b18-17-/t21?,25?,26-,27-,28-/m0/s1. The van der Waals surface area contributed by atoms with Crippen LogP contribution in [0, 0.1) is 11.8 Å². The van der Waals surface area contributed by atoms with Gasteiger partial charge in [0.15, 0.2) is 6.10 Å².